The van der Waals surface area contributed by atoms with Crippen LogP contribution in [0.4, 0.5) is 0 Å². The van der Waals surface area contributed by atoms with Crippen molar-refractivity contribution in [2.45, 2.75) is 44.2 Å². The van der Waals surface area contributed by atoms with Gasteiger partial charge in [-0.15, -0.1) is 0 Å². The van der Waals surface area contributed by atoms with E-state index < -0.39 is 0 Å². The monoisotopic (exact) mass is 273 g/mol. The van der Waals surface area contributed by atoms with Gasteiger partial charge in [-0.2, -0.15) is 0 Å². The molecule has 3 rings (SSSR count). The molecule has 2 aliphatic rings. The summed E-state index contributed by atoms with van der Waals surface area (Å²) in [5, 5.41) is 3.69. The summed E-state index contributed by atoms with van der Waals surface area (Å²) in [6.07, 6.45) is 8.57. The van der Waals surface area contributed by atoms with E-state index in [9.17, 15) is 0 Å². The lowest BCUT2D eigenvalue weighted by Gasteiger charge is -2.35. The van der Waals surface area contributed by atoms with E-state index in [0.717, 1.165) is 17.9 Å². The van der Waals surface area contributed by atoms with Crippen molar-refractivity contribution in [1.82, 2.24) is 5.32 Å². The average molecular weight is 273 g/mol. The summed E-state index contributed by atoms with van der Waals surface area (Å²) in [5.41, 5.74) is 2.82. The highest BCUT2D eigenvalue weighted by Crippen LogP contribution is 2.29. The lowest BCUT2D eigenvalue weighted by molar-refractivity contribution is 0.333. The number of hydrogen-bond acceptors (Lipinski definition) is 3. The third-order valence-corrected chi connectivity index (χ3v) is 4.31. The van der Waals surface area contributed by atoms with Crippen LogP contribution in [0.25, 0.3) is 0 Å². The molecule has 0 amide bonds. The average Bonchev–Trinajstić information content (AvgIpc) is 2.46. The first-order valence-corrected chi connectivity index (χ1v) is 7.44. The topological polar surface area (TPSA) is 30.5 Å². The Balaban J connectivity index is 1.78. The first kappa shape index (κ1) is 13.5. The van der Waals surface area contributed by atoms with Gasteiger partial charge in [-0.3, -0.25) is 0 Å². The van der Waals surface area contributed by atoms with E-state index in [0.29, 0.717) is 12.1 Å². The molecular formula is C17H23NO2. The predicted molar refractivity (Wildman–Crippen MR) is 80.5 cm³/mol. The summed E-state index contributed by atoms with van der Waals surface area (Å²) >= 11 is 0. The summed E-state index contributed by atoms with van der Waals surface area (Å²) < 4.78 is 10.7. The molecular weight excluding hydrogens is 250 g/mol. The second-order valence-electron chi connectivity index (χ2n) is 5.83. The number of benzene rings is 1. The van der Waals surface area contributed by atoms with Crippen LogP contribution < -0.4 is 14.8 Å². The van der Waals surface area contributed by atoms with Crippen molar-refractivity contribution < 1.29 is 9.47 Å². The molecule has 20 heavy (non-hydrogen) atoms. The normalized spacial score (nSPS) is 25.0. The molecule has 108 valence electrons. The number of ether oxygens (including phenoxy) is 2. The first-order chi connectivity index (χ1) is 9.76. The molecule has 1 saturated heterocycles. The smallest absolute Gasteiger partial charge is 0.122 e. The molecule has 1 fully saturated rings. The van der Waals surface area contributed by atoms with Crippen molar-refractivity contribution in [3.63, 3.8) is 0 Å². The fraction of sp³-hybridized carbons (Fsp3) is 0.529. The molecule has 3 nitrogen and oxygen atoms in total. The van der Waals surface area contributed by atoms with Gasteiger partial charge >= 0.3 is 0 Å². The Hall–Kier alpha value is -1.48. The minimum absolute atomic E-state index is 0.588. The van der Waals surface area contributed by atoms with Crippen LogP contribution >= 0.6 is 0 Å². The zero-order valence-corrected chi connectivity index (χ0v) is 12.3. The largest absolute Gasteiger partial charge is 0.497 e. The highest BCUT2D eigenvalue weighted by atomic mass is 16.5. The van der Waals surface area contributed by atoms with Gasteiger partial charge in [0.25, 0.3) is 0 Å². The Kier molecular flexibility index (Phi) is 3.97. The van der Waals surface area contributed by atoms with E-state index in [1.54, 1.807) is 19.8 Å². The zero-order chi connectivity index (χ0) is 13.9. The second-order valence-corrected chi connectivity index (χ2v) is 5.83. The van der Waals surface area contributed by atoms with Crippen LogP contribution in [0.1, 0.15) is 31.2 Å². The molecule has 2 heterocycles. The molecule has 0 aromatic heterocycles. The molecule has 0 spiro atoms. The van der Waals surface area contributed by atoms with Crippen molar-refractivity contribution in [2.75, 3.05) is 14.2 Å². The molecule has 1 aromatic carbocycles. The fourth-order valence-electron chi connectivity index (χ4n) is 3.38. The number of hydrogen-bond donors (Lipinski definition) is 1. The predicted octanol–water partition coefficient (Wildman–Crippen LogP) is 3.09. The van der Waals surface area contributed by atoms with E-state index in [4.69, 9.17) is 9.47 Å². The lowest BCUT2D eigenvalue weighted by Crippen LogP contribution is -2.44. The van der Waals surface area contributed by atoms with E-state index in [2.05, 4.69) is 23.5 Å². The summed E-state index contributed by atoms with van der Waals surface area (Å²) in [6.45, 7) is 0. The molecule has 0 radical (unpaired) electrons. The summed E-state index contributed by atoms with van der Waals surface area (Å²) in [4.78, 5) is 0. The number of rotatable bonds is 4. The maximum absolute atomic E-state index is 5.35. The van der Waals surface area contributed by atoms with Crippen molar-refractivity contribution >= 4 is 0 Å². The van der Waals surface area contributed by atoms with Crippen LogP contribution in [0.3, 0.4) is 0 Å². The molecule has 2 unspecified atom stereocenters. The fourth-order valence-corrected chi connectivity index (χ4v) is 3.38. The third-order valence-electron chi connectivity index (χ3n) is 4.31. The first-order valence-electron chi connectivity index (χ1n) is 7.44. The van der Waals surface area contributed by atoms with Gasteiger partial charge in [0, 0.05) is 18.2 Å². The van der Waals surface area contributed by atoms with Gasteiger partial charge in [0.15, 0.2) is 0 Å². The highest BCUT2D eigenvalue weighted by molar-refractivity contribution is 5.40. The minimum atomic E-state index is 0.588. The maximum atomic E-state index is 5.35. The molecule has 2 aliphatic heterocycles. The quantitative estimate of drug-likeness (QED) is 0.855. The van der Waals surface area contributed by atoms with E-state index in [-0.39, 0.29) is 0 Å². The summed E-state index contributed by atoms with van der Waals surface area (Å²) in [7, 11) is 3.40. The number of fused-ring (bicyclic) bond motifs is 2. The van der Waals surface area contributed by atoms with Gasteiger partial charge in [0.1, 0.15) is 11.5 Å². The number of nitrogens with one attached hydrogen (secondary N) is 1. The van der Waals surface area contributed by atoms with Gasteiger partial charge in [-0.25, -0.2) is 0 Å². The Morgan fingerprint density at radius 1 is 1.10 bits per heavy atom. The lowest BCUT2D eigenvalue weighted by atomic mass is 9.85. The Bertz CT molecular complexity index is 487. The molecule has 1 aromatic rings. The van der Waals surface area contributed by atoms with Crippen molar-refractivity contribution in [1.29, 1.82) is 0 Å². The second kappa shape index (κ2) is 5.88. The summed E-state index contributed by atoms with van der Waals surface area (Å²) in [5.74, 6) is 1.74. The van der Waals surface area contributed by atoms with Crippen LogP contribution in [0, 0.1) is 0 Å². The third kappa shape index (κ3) is 2.98. The minimum Gasteiger partial charge on any atom is -0.497 e. The summed E-state index contributed by atoms with van der Waals surface area (Å²) in [6, 6.07) is 7.42. The molecule has 0 saturated carbocycles. The Morgan fingerprint density at radius 3 is 2.50 bits per heavy atom. The van der Waals surface area contributed by atoms with Crippen LogP contribution in [-0.4, -0.2) is 26.3 Å². The Labute approximate surface area is 121 Å². The molecule has 0 aliphatic carbocycles. The number of methoxy groups -OCH3 is 2. The van der Waals surface area contributed by atoms with Crippen molar-refractivity contribution in [3.8, 4) is 11.5 Å². The van der Waals surface area contributed by atoms with Crippen LogP contribution in [0.5, 0.6) is 11.5 Å². The maximum Gasteiger partial charge on any atom is 0.122 e. The van der Waals surface area contributed by atoms with Crippen LogP contribution in [0.2, 0.25) is 0 Å². The highest BCUT2D eigenvalue weighted by Gasteiger charge is 2.25. The van der Waals surface area contributed by atoms with Gasteiger partial charge in [0.05, 0.1) is 14.2 Å². The molecule has 1 N–H and O–H groups in total. The Morgan fingerprint density at radius 2 is 1.85 bits per heavy atom. The van der Waals surface area contributed by atoms with Crippen molar-refractivity contribution in [2.24, 2.45) is 0 Å². The van der Waals surface area contributed by atoms with E-state index in [1.165, 1.54) is 31.2 Å². The zero-order valence-electron chi connectivity index (χ0n) is 12.3. The van der Waals surface area contributed by atoms with E-state index >= 15 is 0 Å². The van der Waals surface area contributed by atoms with Crippen molar-refractivity contribution in [3.05, 3.63) is 35.4 Å². The van der Waals surface area contributed by atoms with Crippen LogP contribution in [-0.2, 0) is 6.42 Å². The molecule has 2 atom stereocenters. The molecule has 2 bridgehead atoms. The van der Waals surface area contributed by atoms with Gasteiger partial charge in [0.2, 0.25) is 0 Å². The SMILES string of the molecule is COc1cc(CC2=CC3CCCC(C2)N3)cc(OC)c1. The van der Waals surface area contributed by atoms with Gasteiger partial charge < -0.3 is 14.8 Å². The van der Waals surface area contributed by atoms with Crippen LogP contribution in [0.15, 0.2) is 29.8 Å². The molecule has 3 heteroatoms. The van der Waals surface area contributed by atoms with Gasteiger partial charge in [-0.1, -0.05) is 18.1 Å². The van der Waals surface area contributed by atoms with Gasteiger partial charge in [-0.05, 0) is 43.4 Å². The van der Waals surface area contributed by atoms with E-state index in [1.807, 2.05) is 6.07 Å². The number of piperidine rings is 1. The standard InChI is InChI=1S/C17H23NO2/c1-19-16-9-13(10-17(11-16)20-2)6-12-7-14-4-3-5-15(8-12)18-14/h7,9-11,14-15,18H,3-6,8H2,1-2H3.